The molecular weight excluding hydrogens is 529 g/mol. The van der Waals surface area contributed by atoms with E-state index in [0.717, 1.165) is 30.5 Å². The lowest BCUT2D eigenvalue weighted by molar-refractivity contribution is -0.122. The van der Waals surface area contributed by atoms with E-state index in [9.17, 15) is 24.2 Å². The van der Waals surface area contributed by atoms with E-state index in [1.807, 2.05) is 6.07 Å². The van der Waals surface area contributed by atoms with Gasteiger partial charge in [0.15, 0.2) is 0 Å². The normalized spacial score (nSPS) is 16.2. The summed E-state index contributed by atoms with van der Waals surface area (Å²) in [6.45, 7) is 0.787. The Balaban J connectivity index is 1.28. The third-order valence-corrected chi connectivity index (χ3v) is 7.00. The first kappa shape index (κ1) is 26.8. The van der Waals surface area contributed by atoms with E-state index >= 15 is 0 Å². The number of carbonyl (C=O) groups excluding carboxylic acids is 2. The number of anilines is 1. The SMILES string of the molecule is O=C(CN1Cc2ccc(-c3nc(NC4CCOCC4)ncc3Cl)cc2C1=O)NC(CO)c1cc(O)cc(F)c1. The molecule has 3 heterocycles. The van der Waals surface area contributed by atoms with Gasteiger partial charge in [-0.25, -0.2) is 14.4 Å². The number of amides is 2. The van der Waals surface area contributed by atoms with Crippen molar-refractivity contribution in [3.05, 3.63) is 70.1 Å². The van der Waals surface area contributed by atoms with Crippen LogP contribution in [0, 0.1) is 5.82 Å². The summed E-state index contributed by atoms with van der Waals surface area (Å²) in [6.07, 6.45) is 3.22. The number of aromatic hydroxyl groups is 1. The monoisotopic (exact) mass is 555 g/mol. The highest BCUT2D eigenvalue weighted by Gasteiger charge is 2.30. The van der Waals surface area contributed by atoms with Crippen molar-refractivity contribution in [3.63, 3.8) is 0 Å². The van der Waals surface area contributed by atoms with Crippen molar-refractivity contribution in [3.8, 4) is 17.0 Å². The summed E-state index contributed by atoms with van der Waals surface area (Å²) in [5.41, 5.74) is 2.51. The molecule has 10 nitrogen and oxygen atoms in total. The number of nitrogens with one attached hydrogen (secondary N) is 2. The van der Waals surface area contributed by atoms with Crippen LogP contribution in [-0.4, -0.2) is 69.3 Å². The van der Waals surface area contributed by atoms with Gasteiger partial charge in [0, 0.05) is 43.0 Å². The maximum Gasteiger partial charge on any atom is 0.254 e. The van der Waals surface area contributed by atoms with Crippen LogP contribution in [-0.2, 0) is 16.1 Å². The Morgan fingerprint density at radius 3 is 2.77 bits per heavy atom. The number of aliphatic hydroxyl groups excluding tert-OH is 1. The summed E-state index contributed by atoms with van der Waals surface area (Å²) in [5, 5.41) is 25.6. The van der Waals surface area contributed by atoms with Crippen molar-refractivity contribution in [2.24, 2.45) is 0 Å². The fourth-order valence-corrected chi connectivity index (χ4v) is 4.95. The zero-order valence-electron chi connectivity index (χ0n) is 20.9. The van der Waals surface area contributed by atoms with Crippen molar-refractivity contribution in [1.82, 2.24) is 20.2 Å². The highest BCUT2D eigenvalue weighted by Crippen LogP contribution is 2.32. The second-order valence-corrected chi connectivity index (χ2v) is 9.91. The molecule has 1 fully saturated rings. The van der Waals surface area contributed by atoms with E-state index in [1.54, 1.807) is 12.1 Å². The largest absolute Gasteiger partial charge is 0.508 e. The van der Waals surface area contributed by atoms with E-state index in [-0.39, 0.29) is 36.4 Å². The Hall–Kier alpha value is -3.80. The predicted octanol–water partition coefficient (Wildman–Crippen LogP) is 3.04. The van der Waals surface area contributed by atoms with Crippen molar-refractivity contribution in [2.45, 2.75) is 31.5 Å². The number of carbonyl (C=O) groups is 2. The van der Waals surface area contributed by atoms with Crippen LogP contribution in [0.1, 0.15) is 40.4 Å². The summed E-state index contributed by atoms with van der Waals surface area (Å²) in [6, 6.07) is 7.87. The van der Waals surface area contributed by atoms with Gasteiger partial charge < -0.3 is 30.5 Å². The standard InChI is InChI=1S/C27H27ClFN5O5/c28-22-11-30-27(31-19-3-5-39-6-4-19)33-25(22)15-1-2-16-12-34(26(38)21(16)9-15)13-24(37)32-23(14-35)17-7-18(29)10-20(36)8-17/h1-2,7-11,19,23,35-36H,3-6,12-14H2,(H,32,37)(H,30,31,33). The summed E-state index contributed by atoms with van der Waals surface area (Å²) < 4.78 is 19.1. The minimum Gasteiger partial charge on any atom is -0.508 e. The number of aliphatic hydroxyl groups is 1. The maximum absolute atomic E-state index is 13.7. The first-order chi connectivity index (χ1) is 18.8. The molecule has 1 aromatic heterocycles. The molecule has 2 aliphatic rings. The van der Waals surface area contributed by atoms with Gasteiger partial charge in [0.2, 0.25) is 11.9 Å². The molecule has 0 aliphatic carbocycles. The summed E-state index contributed by atoms with van der Waals surface area (Å²) in [7, 11) is 0. The molecule has 0 radical (unpaired) electrons. The molecule has 2 aromatic carbocycles. The van der Waals surface area contributed by atoms with Gasteiger partial charge in [0.05, 0.1) is 29.6 Å². The van der Waals surface area contributed by atoms with Crippen LogP contribution in [0.3, 0.4) is 0 Å². The average molecular weight is 556 g/mol. The highest BCUT2D eigenvalue weighted by molar-refractivity contribution is 6.33. The molecule has 1 unspecified atom stereocenters. The summed E-state index contributed by atoms with van der Waals surface area (Å²) in [4.78, 5) is 36.1. The minimum atomic E-state index is -0.949. The second-order valence-electron chi connectivity index (χ2n) is 9.50. The quantitative estimate of drug-likeness (QED) is 0.333. The Labute approximate surface area is 228 Å². The number of fused-ring (bicyclic) bond motifs is 1. The van der Waals surface area contributed by atoms with E-state index in [0.29, 0.717) is 41.0 Å². The van der Waals surface area contributed by atoms with Gasteiger partial charge in [0.25, 0.3) is 5.91 Å². The van der Waals surface area contributed by atoms with Gasteiger partial charge in [-0.1, -0.05) is 23.7 Å². The van der Waals surface area contributed by atoms with Gasteiger partial charge in [0.1, 0.15) is 18.1 Å². The van der Waals surface area contributed by atoms with Crippen LogP contribution >= 0.6 is 11.6 Å². The number of aromatic nitrogens is 2. The zero-order valence-corrected chi connectivity index (χ0v) is 21.6. The smallest absolute Gasteiger partial charge is 0.254 e. The molecule has 0 saturated carbocycles. The number of rotatable bonds is 8. The lowest BCUT2D eigenvalue weighted by Crippen LogP contribution is -2.40. The van der Waals surface area contributed by atoms with Gasteiger partial charge >= 0.3 is 0 Å². The Morgan fingerprint density at radius 1 is 1.23 bits per heavy atom. The zero-order chi connectivity index (χ0) is 27.5. The Kier molecular flexibility index (Phi) is 7.92. The molecule has 0 bridgehead atoms. The first-order valence-corrected chi connectivity index (χ1v) is 12.9. The third kappa shape index (κ3) is 6.11. The molecule has 1 saturated heterocycles. The molecule has 4 N–H and O–H groups in total. The van der Waals surface area contributed by atoms with Gasteiger partial charge in [-0.15, -0.1) is 0 Å². The average Bonchev–Trinajstić information content (AvgIpc) is 3.22. The summed E-state index contributed by atoms with van der Waals surface area (Å²) in [5.74, 6) is -1.46. The van der Waals surface area contributed by atoms with Crippen LogP contribution in [0.25, 0.3) is 11.3 Å². The van der Waals surface area contributed by atoms with Crippen LogP contribution in [0.4, 0.5) is 10.3 Å². The lowest BCUT2D eigenvalue weighted by Gasteiger charge is -2.23. The number of hydrogen-bond acceptors (Lipinski definition) is 8. The van der Waals surface area contributed by atoms with Crippen molar-refractivity contribution < 1.29 is 28.9 Å². The fraction of sp³-hybridized carbons (Fsp3) is 0.333. The van der Waals surface area contributed by atoms with Crippen LogP contribution in [0.2, 0.25) is 5.02 Å². The molecule has 39 heavy (non-hydrogen) atoms. The molecule has 5 rings (SSSR count). The lowest BCUT2D eigenvalue weighted by atomic mass is 10.0. The minimum absolute atomic E-state index is 0.200. The van der Waals surface area contributed by atoms with Gasteiger partial charge in [-0.2, -0.15) is 0 Å². The van der Waals surface area contributed by atoms with Crippen LogP contribution in [0.5, 0.6) is 5.75 Å². The second kappa shape index (κ2) is 11.5. The van der Waals surface area contributed by atoms with Gasteiger partial charge in [-0.05, 0) is 42.2 Å². The van der Waals surface area contributed by atoms with Crippen molar-refractivity contribution >= 4 is 29.4 Å². The molecule has 2 aliphatic heterocycles. The Morgan fingerprint density at radius 2 is 2.03 bits per heavy atom. The number of phenols is 1. The molecule has 1 atom stereocenters. The number of ether oxygens (including phenoxy) is 1. The molecular formula is C27H27ClFN5O5. The van der Waals surface area contributed by atoms with Crippen LogP contribution < -0.4 is 10.6 Å². The van der Waals surface area contributed by atoms with E-state index < -0.39 is 24.4 Å². The number of benzene rings is 2. The predicted molar refractivity (Wildman–Crippen MR) is 141 cm³/mol. The van der Waals surface area contributed by atoms with E-state index in [4.69, 9.17) is 16.3 Å². The number of phenolic OH excluding ortho intramolecular Hbond substituents is 1. The van der Waals surface area contributed by atoms with E-state index in [1.165, 1.54) is 17.2 Å². The molecule has 3 aromatic rings. The number of nitrogens with zero attached hydrogens (tertiary/aromatic N) is 3. The first-order valence-electron chi connectivity index (χ1n) is 12.5. The van der Waals surface area contributed by atoms with E-state index in [2.05, 4.69) is 20.6 Å². The Bertz CT molecular complexity index is 1380. The highest BCUT2D eigenvalue weighted by atomic mass is 35.5. The number of hydrogen-bond donors (Lipinski definition) is 4. The summed E-state index contributed by atoms with van der Waals surface area (Å²) >= 11 is 6.41. The molecule has 204 valence electrons. The van der Waals surface area contributed by atoms with Crippen LogP contribution in [0.15, 0.2) is 42.6 Å². The van der Waals surface area contributed by atoms with Crippen molar-refractivity contribution in [1.29, 1.82) is 0 Å². The third-order valence-electron chi connectivity index (χ3n) is 6.72. The molecule has 0 spiro atoms. The van der Waals surface area contributed by atoms with Gasteiger partial charge in [-0.3, -0.25) is 9.59 Å². The fourth-order valence-electron chi connectivity index (χ4n) is 4.74. The molecule has 12 heteroatoms. The topological polar surface area (TPSA) is 137 Å². The maximum atomic E-state index is 13.7. The molecule has 2 amide bonds. The number of halogens is 2. The van der Waals surface area contributed by atoms with Crippen molar-refractivity contribution in [2.75, 3.05) is 31.7 Å².